The number of hydrogen-bond donors (Lipinski definition) is 1. The highest BCUT2D eigenvalue weighted by molar-refractivity contribution is 7.99. The summed E-state index contributed by atoms with van der Waals surface area (Å²) in [5, 5.41) is 9.40. The highest BCUT2D eigenvalue weighted by atomic mass is 32.2. The molecule has 1 fully saturated rings. The first-order chi connectivity index (χ1) is 8.51. The topological polar surface area (TPSA) is 57.6 Å². The number of hydrogen-bond acceptors (Lipinski definition) is 4. The lowest BCUT2D eigenvalue weighted by Gasteiger charge is -2.25. The lowest BCUT2D eigenvalue weighted by Crippen LogP contribution is -2.37. The van der Waals surface area contributed by atoms with Crippen LogP contribution in [0.3, 0.4) is 0 Å². The van der Waals surface area contributed by atoms with E-state index in [1.165, 1.54) is 4.31 Å². The van der Waals surface area contributed by atoms with E-state index in [2.05, 4.69) is 0 Å². The first-order valence-corrected chi connectivity index (χ1v) is 8.47. The summed E-state index contributed by atoms with van der Waals surface area (Å²) in [5.41, 5.74) is 0.725. The zero-order valence-corrected chi connectivity index (χ0v) is 11.9. The number of aliphatic hydroxyl groups is 1. The molecule has 100 valence electrons. The molecule has 0 saturated carbocycles. The number of aliphatic hydroxyl groups excluding tert-OH is 1. The number of rotatable bonds is 3. The largest absolute Gasteiger partial charge is 0.389 e. The molecule has 0 amide bonds. The van der Waals surface area contributed by atoms with Crippen LogP contribution in [0.2, 0.25) is 0 Å². The van der Waals surface area contributed by atoms with Crippen LogP contribution in [0.25, 0.3) is 0 Å². The van der Waals surface area contributed by atoms with Crippen LogP contribution in [-0.2, 0) is 10.0 Å². The van der Waals surface area contributed by atoms with Gasteiger partial charge in [-0.15, -0.1) is 0 Å². The van der Waals surface area contributed by atoms with Crippen LogP contribution in [0.5, 0.6) is 0 Å². The molecule has 0 bridgehead atoms. The number of benzene rings is 1. The van der Waals surface area contributed by atoms with Crippen LogP contribution in [0.1, 0.15) is 18.6 Å². The van der Waals surface area contributed by atoms with Gasteiger partial charge in [0.1, 0.15) is 0 Å². The fourth-order valence-corrected chi connectivity index (χ4v) is 4.43. The average molecular weight is 287 g/mol. The van der Waals surface area contributed by atoms with Gasteiger partial charge in [0.05, 0.1) is 11.0 Å². The third-order valence-corrected chi connectivity index (χ3v) is 5.83. The first-order valence-electron chi connectivity index (χ1n) is 5.88. The van der Waals surface area contributed by atoms with Gasteiger partial charge in [0.25, 0.3) is 0 Å². The van der Waals surface area contributed by atoms with Gasteiger partial charge >= 0.3 is 0 Å². The Kier molecular flexibility index (Phi) is 4.32. The molecule has 6 heteroatoms. The molecule has 1 heterocycles. The van der Waals surface area contributed by atoms with E-state index in [1.54, 1.807) is 43.0 Å². The molecule has 1 aromatic carbocycles. The molecule has 1 N–H and O–H groups in total. The van der Waals surface area contributed by atoms with Crippen molar-refractivity contribution in [2.45, 2.75) is 17.9 Å². The minimum atomic E-state index is -3.37. The number of sulfonamides is 1. The van der Waals surface area contributed by atoms with Gasteiger partial charge in [0, 0.05) is 24.6 Å². The van der Waals surface area contributed by atoms with Gasteiger partial charge in [-0.2, -0.15) is 16.1 Å². The van der Waals surface area contributed by atoms with Crippen LogP contribution in [0.4, 0.5) is 0 Å². The second-order valence-corrected chi connectivity index (χ2v) is 7.42. The molecule has 2 rings (SSSR count). The summed E-state index contributed by atoms with van der Waals surface area (Å²) in [6.07, 6.45) is -0.576. The van der Waals surface area contributed by atoms with E-state index in [1.807, 2.05) is 0 Å². The Bertz CT molecular complexity index is 491. The summed E-state index contributed by atoms with van der Waals surface area (Å²) in [7, 11) is -3.37. The van der Waals surface area contributed by atoms with Gasteiger partial charge < -0.3 is 5.11 Å². The van der Waals surface area contributed by atoms with E-state index in [9.17, 15) is 13.5 Å². The van der Waals surface area contributed by atoms with E-state index in [-0.39, 0.29) is 0 Å². The summed E-state index contributed by atoms with van der Waals surface area (Å²) in [6.45, 7) is 2.81. The minimum Gasteiger partial charge on any atom is -0.389 e. The van der Waals surface area contributed by atoms with Crippen molar-refractivity contribution in [2.75, 3.05) is 24.6 Å². The van der Waals surface area contributed by atoms with Crippen molar-refractivity contribution >= 4 is 21.8 Å². The van der Waals surface area contributed by atoms with Crippen molar-refractivity contribution in [2.24, 2.45) is 0 Å². The molecule has 1 aliphatic heterocycles. The van der Waals surface area contributed by atoms with Gasteiger partial charge in [-0.05, 0) is 24.6 Å². The Labute approximate surface area is 112 Å². The van der Waals surface area contributed by atoms with Crippen LogP contribution in [0, 0.1) is 0 Å². The summed E-state index contributed by atoms with van der Waals surface area (Å²) in [6, 6.07) is 6.46. The third kappa shape index (κ3) is 2.88. The van der Waals surface area contributed by atoms with Crippen molar-refractivity contribution in [1.82, 2.24) is 4.31 Å². The summed E-state index contributed by atoms with van der Waals surface area (Å²) >= 11 is 1.78. The smallest absolute Gasteiger partial charge is 0.243 e. The van der Waals surface area contributed by atoms with Crippen LogP contribution >= 0.6 is 11.8 Å². The average Bonchev–Trinajstić information content (AvgIpc) is 2.40. The summed E-state index contributed by atoms with van der Waals surface area (Å²) in [4.78, 5) is 0.304. The zero-order valence-electron chi connectivity index (χ0n) is 10.2. The second kappa shape index (κ2) is 5.61. The highest BCUT2D eigenvalue weighted by Gasteiger charge is 2.25. The Morgan fingerprint density at radius 3 is 2.28 bits per heavy atom. The fourth-order valence-electron chi connectivity index (χ4n) is 1.85. The maximum absolute atomic E-state index is 12.3. The monoisotopic (exact) mass is 287 g/mol. The van der Waals surface area contributed by atoms with Crippen molar-refractivity contribution in [3.63, 3.8) is 0 Å². The van der Waals surface area contributed by atoms with E-state index in [0.29, 0.717) is 18.0 Å². The predicted octanol–water partition coefficient (Wildman–Crippen LogP) is 1.48. The standard InChI is InChI=1S/C12H17NO3S2/c1-10(14)11-2-4-12(5-3-11)18(15,16)13-6-8-17-9-7-13/h2-5,10,14H,6-9H2,1H3. The fraction of sp³-hybridized carbons (Fsp3) is 0.500. The molecule has 1 saturated heterocycles. The second-order valence-electron chi connectivity index (χ2n) is 4.26. The Morgan fingerprint density at radius 2 is 1.78 bits per heavy atom. The van der Waals surface area contributed by atoms with E-state index in [4.69, 9.17) is 0 Å². The van der Waals surface area contributed by atoms with Crippen LogP contribution in [-0.4, -0.2) is 42.4 Å². The van der Waals surface area contributed by atoms with Gasteiger partial charge in [-0.3, -0.25) is 0 Å². The third-order valence-electron chi connectivity index (χ3n) is 2.97. The lowest BCUT2D eigenvalue weighted by molar-refractivity contribution is 0.199. The van der Waals surface area contributed by atoms with Crippen molar-refractivity contribution in [3.8, 4) is 0 Å². The zero-order chi connectivity index (χ0) is 13.2. The van der Waals surface area contributed by atoms with E-state index >= 15 is 0 Å². The molecule has 1 aromatic rings. The van der Waals surface area contributed by atoms with E-state index in [0.717, 1.165) is 17.1 Å². The Morgan fingerprint density at radius 1 is 1.22 bits per heavy atom. The van der Waals surface area contributed by atoms with Gasteiger partial charge in [-0.1, -0.05) is 12.1 Å². The van der Waals surface area contributed by atoms with Crippen molar-refractivity contribution in [3.05, 3.63) is 29.8 Å². The molecule has 0 aliphatic carbocycles. The predicted molar refractivity (Wildman–Crippen MR) is 73.2 cm³/mol. The minimum absolute atomic E-state index is 0.304. The molecule has 0 spiro atoms. The van der Waals surface area contributed by atoms with Crippen LogP contribution in [0.15, 0.2) is 29.2 Å². The molecule has 4 nitrogen and oxygen atoms in total. The summed E-state index contributed by atoms with van der Waals surface area (Å²) < 4.78 is 26.2. The maximum atomic E-state index is 12.3. The van der Waals surface area contributed by atoms with Gasteiger partial charge in [0.2, 0.25) is 10.0 Å². The van der Waals surface area contributed by atoms with Crippen molar-refractivity contribution in [1.29, 1.82) is 0 Å². The molecule has 18 heavy (non-hydrogen) atoms. The molecule has 0 aromatic heterocycles. The molecule has 0 radical (unpaired) electrons. The SMILES string of the molecule is CC(O)c1ccc(S(=O)(=O)N2CCSCC2)cc1. The molecule has 1 aliphatic rings. The maximum Gasteiger partial charge on any atom is 0.243 e. The van der Waals surface area contributed by atoms with Gasteiger partial charge in [-0.25, -0.2) is 8.42 Å². The molecule has 1 atom stereocenters. The number of nitrogens with zero attached hydrogens (tertiary/aromatic N) is 1. The van der Waals surface area contributed by atoms with Gasteiger partial charge in [0.15, 0.2) is 0 Å². The Balaban J connectivity index is 2.23. The quantitative estimate of drug-likeness (QED) is 0.915. The highest BCUT2D eigenvalue weighted by Crippen LogP contribution is 2.21. The molecular weight excluding hydrogens is 270 g/mol. The Hall–Kier alpha value is -0.560. The lowest BCUT2D eigenvalue weighted by atomic mass is 10.1. The van der Waals surface area contributed by atoms with E-state index < -0.39 is 16.1 Å². The first kappa shape index (κ1) is 13.9. The summed E-state index contributed by atoms with van der Waals surface area (Å²) in [5.74, 6) is 1.70. The normalized spacial score (nSPS) is 19.7. The molecule has 1 unspecified atom stereocenters. The van der Waals surface area contributed by atoms with Crippen LogP contribution < -0.4 is 0 Å². The van der Waals surface area contributed by atoms with Crippen molar-refractivity contribution < 1.29 is 13.5 Å². The molecular formula is C12H17NO3S2. The number of thioether (sulfide) groups is 1.